The number of carbonyl (C=O) groups excluding carboxylic acids is 1. The number of hydrogen-bond acceptors (Lipinski definition) is 3. The molecule has 3 nitrogen and oxygen atoms in total. The molecule has 0 atom stereocenters. The molecule has 1 aliphatic carbocycles. The minimum absolute atomic E-state index is 0.432. The fraction of sp³-hybridized carbons (Fsp3) is 0.412. The first-order chi connectivity index (χ1) is 10.6. The SMILES string of the molecule is O=C(Cl)c1c(N2CCC3(CC2)CC3)cc(Br)c2cccnc12. The van der Waals surface area contributed by atoms with E-state index in [0.717, 1.165) is 28.6 Å². The molecular weight excluding hydrogens is 364 g/mol. The average molecular weight is 380 g/mol. The van der Waals surface area contributed by atoms with Crippen molar-refractivity contribution in [2.75, 3.05) is 18.0 Å². The van der Waals surface area contributed by atoms with Crippen LogP contribution in [0.4, 0.5) is 5.69 Å². The predicted molar refractivity (Wildman–Crippen MR) is 92.7 cm³/mol. The summed E-state index contributed by atoms with van der Waals surface area (Å²) in [6, 6.07) is 5.84. The number of halogens is 2. The monoisotopic (exact) mass is 378 g/mol. The van der Waals surface area contributed by atoms with Gasteiger partial charge in [-0.3, -0.25) is 9.78 Å². The van der Waals surface area contributed by atoms with E-state index in [0.29, 0.717) is 16.5 Å². The third kappa shape index (κ3) is 2.33. The molecular formula is C17H16BrClN2O. The zero-order valence-electron chi connectivity index (χ0n) is 12.1. The normalized spacial score (nSPS) is 19.6. The molecule has 2 fully saturated rings. The van der Waals surface area contributed by atoms with Crippen LogP contribution in [0.1, 0.15) is 36.0 Å². The van der Waals surface area contributed by atoms with Gasteiger partial charge in [-0.1, -0.05) is 22.0 Å². The lowest BCUT2D eigenvalue weighted by Crippen LogP contribution is -2.35. The van der Waals surface area contributed by atoms with Crippen molar-refractivity contribution in [3.8, 4) is 0 Å². The van der Waals surface area contributed by atoms with Crippen LogP contribution in [0.15, 0.2) is 28.9 Å². The Morgan fingerprint density at radius 3 is 2.64 bits per heavy atom. The van der Waals surface area contributed by atoms with Gasteiger partial charge in [0.05, 0.1) is 16.8 Å². The summed E-state index contributed by atoms with van der Waals surface area (Å²) in [5.74, 6) is 0. The van der Waals surface area contributed by atoms with Gasteiger partial charge in [-0.15, -0.1) is 0 Å². The largest absolute Gasteiger partial charge is 0.371 e. The van der Waals surface area contributed by atoms with E-state index in [1.54, 1.807) is 6.20 Å². The van der Waals surface area contributed by atoms with Crippen LogP contribution in [0.5, 0.6) is 0 Å². The quantitative estimate of drug-likeness (QED) is 0.706. The standard InChI is InChI=1S/C17H16BrClN2O/c18-12-10-13(21-8-5-17(3-4-17)6-9-21)14(16(19)22)15-11(12)2-1-7-20-15/h1-2,7,10H,3-6,8-9H2. The summed E-state index contributed by atoms with van der Waals surface area (Å²) >= 11 is 9.52. The number of piperidine rings is 1. The predicted octanol–water partition coefficient (Wildman–Crippen LogP) is 4.76. The number of pyridine rings is 1. The Balaban J connectivity index is 1.82. The van der Waals surface area contributed by atoms with E-state index in [4.69, 9.17) is 11.6 Å². The molecule has 22 heavy (non-hydrogen) atoms. The zero-order valence-corrected chi connectivity index (χ0v) is 14.5. The fourth-order valence-electron chi connectivity index (χ4n) is 3.53. The molecule has 1 saturated carbocycles. The van der Waals surface area contributed by atoms with E-state index in [9.17, 15) is 4.79 Å². The number of carbonyl (C=O) groups is 1. The zero-order chi connectivity index (χ0) is 15.3. The molecule has 1 aliphatic heterocycles. The summed E-state index contributed by atoms with van der Waals surface area (Å²) in [5, 5.41) is 0.490. The molecule has 0 amide bonds. The van der Waals surface area contributed by atoms with Crippen molar-refractivity contribution in [3.05, 3.63) is 34.4 Å². The van der Waals surface area contributed by atoms with Gasteiger partial charge in [-0.2, -0.15) is 0 Å². The Bertz CT molecular complexity index is 763. The molecule has 1 aromatic heterocycles. The van der Waals surface area contributed by atoms with Crippen molar-refractivity contribution in [2.24, 2.45) is 5.41 Å². The van der Waals surface area contributed by atoms with Crippen LogP contribution >= 0.6 is 27.5 Å². The van der Waals surface area contributed by atoms with Crippen LogP contribution in [0, 0.1) is 5.41 Å². The number of benzene rings is 1. The van der Waals surface area contributed by atoms with Gasteiger partial charge < -0.3 is 4.90 Å². The number of aromatic nitrogens is 1. The highest BCUT2D eigenvalue weighted by Gasteiger charge is 2.44. The minimum atomic E-state index is -0.432. The Hall–Kier alpha value is -1.13. The lowest BCUT2D eigenvalue weighted by atomic mass is 9.93. The molecule has 114 valence electrons. The summed E-state index contributed by atoms with van der Waals surface area (Å²) in [5.41, 5.74) is 2.73. The van der Waals surface area contributed by atoms with Gasteiger partial charge in [0.25, 0.3) is 5.24 Å². The van der Waals surface area contributed by atoms with Crippen LogP contribution in [-0.4, -0.2) is 23.3 Å². The third-order valence-corrected chi connectivity index (χ3v) is 5.98. The van der Waals surface area contributed by atoms with Crippen molar-refractivity contribution >= 4 is 49.4 Å². The first-order valence-electron chi connectivity index (χ1n) is 7.62. The highest BCUT2D eigenvalue weighted by atomic mass is 79.9. The van der Waals surface area contributed by atoms with Crippen molar-refractivity contribution < 1.29 is 4.79 Å². The van der Waals surface area contributed by atoms with Gasteiger partial charge in [0.15, 0.2) is 0 Å². The first kappa shape index (κ1) is 14.5. The van der Waals surface area contributed by atoms with Gasteiger partial charge in [-0.05, 0) is 54.8 Å². The minimum Gasteiger partial charge on any atom is -0.371 e. The van der Waals surface area contributed by atoms with E-state index in [-0.39, 0.29) is 0 Å². The van der Waals surface area contributed by atoms with Crippen LogP contribution in [0.2, 0.25) is 0 Å². The molecule has 0 radical (unpaired) electrons. The molecule has 0 N–H and O–H groups in total. The topological polar surface area (TPSA) is 33.2 Å². The maximum absolute atomic E-state index is 12.1. The average Bonchev–Trinajstić information content (AvgIpc) is 3.27. The molecule has 4 rings (SSSR count). The maximum atomic E-state index is 12.1. The number of hydrogen-bond donors (Lipinski definition) is 0. The van der Waals surface area contributed by atoms with E-state index in [2.05, 4.69) is 25.8 Å². The van der Waals surface area contributed by atoms with E-state index < -0.39 is 5.24 Å². The van der Waals surface area contributed by atoms with Crippen molar-refractivity contribution in [1.29, 1.82) is 0 Å². The second-order valence-corrected chi connectivity index (χ2v) is 7.61. The summed E-state index contributed by atoms with van der Waals surface area (Å²) in [6.07, 6.45) is 6.86. The van der Waals surface area contributed by atoms with Crippen molar-refractivity contribution in [3.63, 3.8) is 0 Å². The highest BCUT2D eigenvalue weighted by Crippen LogP contribution is 2.54. The molecule has 0 bridgehead atoms. The van der Waals surface area contributed by atoms with Gasteiger partial charge >= 0.3 is 0 Å². The maximum Gasteiger partial charge on any atom is 0.256 e. The molecule has 2 aromatic rings. The molecule has 1 aromatic carbocycles. The molecule has 5 heteroatoms. The first-order valence-corrected chi connectivity index (χ1v) is 8.79. The Morgan fingerprint density at radius 2 is 2.00 bits per heavy atom. The lowest BCUT2D eigenvalue weighted by molar-refractivity contribution is 0.108. The summed E-state index contributed by atoms with van der Waals surface area (Å²) in [7, 11) is 0. The number of anilines is 1. The number of fused-ring (bicyclic) bond motifs is 1. The molecule has 2 aliphatic rings. The van der Waals surface area contributed by atoms with Crippen molar-refractivity contribution in [1.82, 2.24) is 4.98 Å². The van der Waals surface area contributed by atoms with Crippen LogP contribution in [0.25, 0.3) is 10.9 Å². The third-order valence-electron chi connectivity index (χ3n) is 5.14. The Kier molecular flexibility index (Phi) is 3.42. The smallest absolute Gasteiger partial charge is 0.256 e. The molecule has 2 heterocycles. The summed E-state index contributed by atoms with van der Waals surface area (Å²) in [6.45, 7) is 1.98. The van der Waals surface area contributed by atoms with Gasteiger partial charge in [0.2, 0.25) is 0 Å². The molecule has 0 unspecified atom stereocenters. The highest BCUT2D eigenvalue weighted by molar-refractivity contribution is 9.10. The van der Waals surface area contributed by atoms with Gasteiger partial charge in [0, 0.05) is 29.1 Å². The second-order valence-electron chi connectivity index (χ2n) is 6.41. The lowest BCUT2D eigenvalue weighted by Gasteiger charge is -2.35. The number of nitrogens with zero attached hydrogens (tertiary/aromatic N) is 2. The van der Waals surface area contributed by atoms with E-state index in [1.165, 1.54) is 25.7 Å². The fourth-order valence-corrected chi connectivity index (χ4v) is 4.25. The van der Waals surface area contributed by atoms with E-state index in [1.807, 2.05) is 18.2 Å². The van der Waals surface area contributed by atoms with Crippen LogP contribution in [-0.2, 0) is 0 Å². The Labute approximate surface area is 142 Å². The molecule has 1 saturated heterocycles. The van der Waals surface area contributed by atoms with Crippen LogP contribution < -0.4 is 4.90 Å². The number of rotatable bonds is 2. The van der Waals surface area contributed by atoms with Gasteiger partial charge in [-0.25, -0.2) is 0 Å². The summed E-state index contributed by atoms with van der Waals surface area (Å²) in [4.78, 5) is 18.7. The second kappa shape index (κ2) is 5.20. The van der Waals surface area contributed by atoms with E-state index >= 15 is 0 Å². The Morgan fingerprint density at radius 1 is 1.27 bits per heavy atom. The molecule has 1 spiro atoms. The summed E-state index contributed by atoms with van der Waals surface area (Å²) < 4.78 is 0.957. The van der Waals surface area contributed by atoms with Crippen LogP contribution in [0.3, 0.4) is 0 Å². The van der Waals surface area contributed by atoms with Gasteiger partial charge in [0.1, 0.15) is 0 Å². The van der Waals surface area contributed by atoms with Crippen molar-refractivity contribution in [2.45, 2.75) is 25.7 Å².